The maximum absolute atomic E-state index is 12.6. The van der Waals surface area contributed by atoms with Crippen molar-refractivity contribution >= 4 is 29.1 Å². The van der Waals surface area contributed by atoms with Crippen LogP contribution in [-0.2, 0) is 0 Å². The van der Waals surface area contributed by atoms with Crippen LogP contribution < -0.4 is 5.32 Å². The van der Waals surface area contributed by atoms with Crippen molar-refractivity contribution in [1.29, 1.82) is 0 Å². The SMILES string of the molecule is CC(C)(C)CCN1CC2CCC(NC(=O)c3ccc(Cl)cc3Cl)C2C1. The monoisotopic (exact) mass is 382 g/mol. The Balaban J connectivity index is 1.58. The van der Waals surface area contributed by atoms with Crippen LogP contribution in [0.3, 0.4) is 0 Å². The molecule has 2 fully saturated rings. The maximum Gasteiger partial charge on any atom is 0.253 e. The van der Waals surface area contributed by atoms with Gasteiger partial charge < -0.3 is 10.2 Å². The second-order valence-corrected chi connectivity index (χ2v) is 9.62. The zero-order chi connectivity index (χ0) is 18.2. The Morgan fingerprint density at radius 2 is 2.00 bits per heavy atom. The van der Waals surface area contributed by atoms with Crippen LogP contribution in [0.5, 0.6) is 0 Å². The van der Waals surface area contributed by atoms with Crippen molar-refractivity contribution in [3.63, 3.8) is 0 Å². The van der Waals surface area contributed by atoms with Gasteiger partial charge in [-0.1, -0.05) is 44.0 Å². The third-order valence-electron chi connectivity index (χ3n) is 5.60. The molecule has 1 saturated carbocycles. The number of carbonyl (C=O) groups is 1. The van der Waals surface area contributed by atoms with E-state index in [2.05, 4.69) is 31.0 Å². The van der Waals surface area contributed by atoms with Gasteiger partial charge in [-0.15, -0.1) is 0 Å². The molecule has 0 bridgehead atoms. The molecule has 138 valence electrons. The van der Waals surface area contributed by atoms with Crippen LogP contribution in [0.25, 0.3) is 0 Å². The average Bonchev–Trinajstić information content (AvgIpc) is 3.06. The van der Waals surface area contributed by atoms with Gasteiger partial charge in [-0.05, 0) is 61.3 Å². The molecule has 25 heavy (non-hydrogen) atoms. The normalized spacial score (nSPS) is 26.7. The van der Waals surface area contributed by atoms with Gasteiger partial charge in [-0.25, -0.2) is 0 Å². The number of benzene rings is 1. The molecule has 1 aromatic rings. The van der Waals surface area contributed by atoms with E-state index in [1.807, 2.05) is 0 Å². The number of fused-ring (bicyclic) bond motifs is 1. The van der Waals surface area contributed by atoms with Gasteiger partial charge >= 0.3 is 0 Å². The zero-order valence-corrected chi connectivity index (χ0v) is 16.8. The lowest BCUT2D eigenvalue weighted by Crippen LogP contribution is -2.40. The lowest BCUT2D eigenvalue weighted by Gasteiger charge is -2.25. The van der Waals surface area contributed by atoms with Crippen molar-refractivity contribution in [2.24, 2.45) is 17.3 Å². The van der Waals surface area contributed by atoms with Crippen molar-refractivity contribution in [3.8, 4) is 0 Å². The molecule has 3 atom stereocenters. The molecule has 1 saturated heterocycles. The Morgan fingerprint density at radius 3 is 2.68 bits per heavy atom. The topological polar surface area (TPSA) is 32.3 Å². The standard InChI is InChI=1S/C20H28Cl2N2O/c1-20(2,3)8-9-24-11-13-4-7-18(16(13)12-24)23-19(25)15-6-5-14(21)10-17(15)22/h5-6,10,13,16,18H,4,7-9,11-12H2,1-3H3,(H,23,25). The lowest BCUT2D eigenvalue weighted by molar-refractivity contribution is 0.0926. The first kappa shape index (κ1) is 19.0. The first-order valence-electron chi connectivity index (χ1n) is 9.21. The molecule has 2 aliphatic rings. The quantitative estimate of drug-likeness (QED) is 0.805. The summed E-state index contributed by atoms with van der Waals surface area (Å²) >= 11 is 12.1. The van der Waals surface area contributed by atoms with Gasteiger partial charge in [0, 0.05) is 24.2 Å². The Labute approximate surface area is 161 Å². The number of carbonyl (C=O) groups excluding carboxylic acids is 1. The molecule has 1 N–H and O–H groups in total. The van der Waals surface area contributed by atoms with Crippen LogP contribution in [-0.4, -0.2) is 36.5 Å². The molecule has 1 heterocycles. The second-order valence-electron chi connectivity index (χ2n) is 8.78. The highest BCUT2D eigenvalue weighted by molar-refractivity contribution is 6.36. The number of hydrogen-bond acceptors (Lipinski definition) is 2. The number of amides is 1. The Bertz CT molecular complexity index is 641. The fourth-order valence-corrected chi connectivity index (χ4v) is 4.63. The zero-order valence-electron chi connectivity index (χ0n) is 15.3. The van der Waals surface area contributed by atoms with E-state index in [1.165, 1.54) is 19.4 Å². The highest BCUT2D eigenvalue weighted by Gasteiger charge is 2.43. The highest BCUT2D eigenvalue weighted by Crippen LogP contribution is 2.39. The van der Waals surface area contributed by atoms with Crippen LogP contribution in [0.4, 0.5) is 0 Å². The van der Waals surface area contributed by atoms with E-state index in [4.69, 9.17) is 23.2 Å². The second kappa shape index (κ2) is 7.46. The first-order valence-corrected chi connectivity index (χ1v) is 9.97. The van der Waals surface area contributed by atoms with Crippen molar-refractivity contribution in [2.45, 2.75) is 46.1 Å². The van der Waals surface area contributed by atoms with Gasteiger partial charge in [0.25, 0.3) is 5.91 Å². The number of nitrogens with zero attached hydrogens (tertiary/aromatic N) is 1. The minimum absolute atomic E-state index is 0.0829. The van der Waals surface area contributed by atoms with Crippen LogP contribution >= 0.6 is 23.2 Å². The summed E-state index contributed by atoms with van der Waals surface area (Å²) in [5.74, 6) is 1.20. The summed E-state index contributed by atoms with van der Waals surface area (Å²) in [5.41, 5.74) is 0.883. The molecule has 1 amide bonds. The lowest BCUT2D eigenvalue weighted by atomic mass is 9.92. The minimum atomic E-state index is -0.0829. The molecular formula is C20H28Cl2N2O. The maximum atomic E-state index is 12.6. The summed E-state index contributed by atoms with van der Waals surface area (Å²) in [6, 6.07) is 5.29. The highest BCUT2D eigenvalue weighted by atomic mass is 35.5. The molecule has 3 unspecified atom stereocenters. The van der Waals surface area contributed by atoms with E-state index >= 15 is 0 Å². The fourth-order valence-electron chi connectivity index (χ4n) is 4.13. The molecule has 1 aliphatic carbocycles. The molecule has 3 rings (SSSR count). The molecule has 5 heteroatoms. The molecule has 0 radical (unpaired) electrons. The van der Waals surface area contributed by atoms with Crippen molar-refractivity contribution in [2.75, 3.05) is 19.6 Å². The first-order chi connectivity index (χ1) is 11.7. The van der Waals surface area contributed by atoms with E-state index < -0.39 is 0 Å². The van der Waals surface area contributed by atoms with Crippen molar-refractivity contribution < 1.29 is 4.79 Å². The summed E-state index contributed by atoms with van der Waals surface area (Å²) in [5, 5.41) is 4.19. The van der Waals surface area contributed by atoms with Gasteiger partial charge in [0.1, 0.15) is 0 Å². The molecular weight excluding hydrogens is 355 g/mol. The number of rotatable bonds is 4. The Morgan fingerprint density at radius 1 is 1.24 bits per heavy atom. The van der Waals surface area contributed by atoms with Crippen molar-refractivity contribution in [3.05, 3.63) is 33.8 Å². The molecule has 0 aromatic heterocycles. The number of likely N-dealkylation sites (tertiary alicyclic amines) is 1. The van der Waals surface area contributed by atoms with Crippen molar-refractivity contribution in [1.82, 2.24) is 10.2 Å². The third-order valence-corrected chi connectivity index (χ3v) is 6.15. The fraction of sp³-hybridized carbons (Fsp3) is 0.650. The van der Waals surface area contributed by atoms with Gasteiger partial charge in [0.2, 0.25) is 0 Å². The number of hydrogen-bond donors (Lipinski definition) is 1. The van der Waals surface area contributed by atoms with Crippen LogP contribution in [0.2, 0.25) is 10.0 Å². The van der Waals surface area contributed by atoms with E-state index in [0.717, 1.165) is 19.5 Å². The van der Waals surface area contributed by atoms with Crippen LogP contribution in [0, 0.1) is 17.3 Å². The number of halogens is 2. The van der Waals surface area contributed by atoms with E-state index in [1.54, 1.807) is 18.2 Å². The van der Waals surface area contributed by atoms with E-state index in [0.29, 0.717) is 32.9 Å². The molecule has 1 aliphatic heterocycles. The predicted molar refractivity (Wildman–Crippen MR) is 104 cm³/mol. The molecule has 1 aromatic carbocycles. The largest absolute Gasteiger partial charge is 0.349 e. The minimum Gasteiger partial charge on any atom is -0.349 e. The smallest absolute Gasteiger partial charge is 0.253 e. The molecule has 3 nitrogen and oxygen atoms in total. The summed E-state index contributed by atoms with van der Waals surface area (Å²) in [6.07, 6.45) is 3.49. The summed E-state index contributed by atoms with van der Waals surface area (Å²) in [7, 11) is 0. The summed E-state index contributed by atoms with van der Waals surface area (Å²) in [6.45, 7) is 10.3. The molecule has 0 spiro atoms. The van der Waals surface area contributed by atoms with Gasteiger partial charge in [-0.3, -0.25) is 4.79 Å². The van der Waals surface area contributed by atoms with E-state index in [-0.39, 0.29) is 11.9 Å². The van der Waals surface area contributed by atoms with Crippen LogP contribution in [0.15, 0.2) is 18.2 Å². The van der Waals surface area contributed by atoms with Gasteiger partial charge in [0.15, 0.2) is 0 Å². The van der Waals surface area contributed by atoms with Crippen LogP contribution in [0.1, 0.15) is 50.4 Å². The average molecular weight is 383 g/mol. The predicted octanol–water partition coefficient (Wildman–Crippen LogP) is 4.87. The summed E-state index contributed by atoms with van der Waals surface area (Å²) in [4.78, 5) is 15.2. The Hall–Kier alpha value is -0.770. The van der Waals surface area contributed by atoms with Gasteiger partial charge in [-0.2, -0.15) is 0 Å². The van der Waals surface area contributed by atoms with E-state index in [9.17, 15) is 4.79 Å². The summed E-state index contributed by atoms with van der Waals surface area (Å²) < 4.78 is 0. The number of nitrogens with one attached hydrogen (secondary N) is 1. The third kappa shape index (κ3) is 4.69. The van der Waals surface area contributed by atoms with Gasteiger partial charge in [0.05, 0.1) is 10.6 Å². The Kier molecular flexibility index (Phi) is 5.67.